The number of alkyl carbamates (subject to hydrolysis) is 1. The van der Waals surface area contributed by atoms with Crippen LogP contribution in [-0.4, -0.2) is 18.7 Å². The molecule has 0 saturated carbocycles. The highest BCUT2D eigenvalue weighted by atomic mass is 16.5. The van der Waals surface area contributed by atoms with Crippen LogP contribution < -0.4 is 5.32 Å². The van der Waals surface area contributed by atoms with E-state index in [2.05, 4.69) is 26.1 Å². The molecule has 0 aromatic heterocycles. The summed E-state index contributed by atoms with van der Waals surface area (Å²) < 4.78 is 4.77. The van der Waals surface area contributed by atoms with Crippen LogP contribution in [0.2, 0.25) is 0 Å². The highest BCUT2D eigenvalue weighted by Crippen LogP contribution is 2.05. The Bertz CT molecular complexity index is 134. The van der Waals surface area contributed by atoms with E-state index in [4.69, 9.17) is 4.74 Å². The minimum Gasteiger partial charge on any atom is -0.450 e. The number of nitrogens with one attached hydrogen (secondary N) is 1. The number of carbonyl (C=O) groups excluding carboxylic acids is 1. The molecular weight excluding hydrogens is 154 g/mol. The lowest BCUT2D eigenvalue weighted by molar-refractivity contribution is 0.144. The highest BCUT2D eigenvalue weighted by Gasteiger charge is 2.13. The van der Waals surface area contributed by atoms with Crippen molar-refractivity contribution in [1.29, 1.82) is 0 Å². The molecule has 1 atom stereocenters. The summed E-state index contributed by atoms with van der Waals surface area (Å²) >= 11 is 0. The van der Waals surface area contributed by atoms with E-state index in [1.165, 1.54) is 0 Å². The molecule has 3 heteroatoms. The first-order valence-electron chi connectivity index (χ1n) is 4.55. The van der Waals surface area contributed by atoms with Crippen LogP contribution in [0.3, 0.4) is 0 Å². The van der Waals surface area contributed by atoms with E-state index in [0.717, 1.165) is 6.42 Å². The maximum Gasteiger partial charge on any atom is 0.407 e. The van der Waals surface area contributed by atoms with Gasteiger partial charge < -0.3 is 10.1 Å². The zero-order valence-electron chi connectivity index (χ0n) is 8.39. The second-order valence-electron chi connectivity index (χ2n) is 3.12. The van der Waals surface area contributed by atoms with Gasteiger partial charge in [-0.05, 0) is 19.3 Å². The molecule has 0 aromatic rings. The Labute approximate surface area is 74.5 Å². The Balaban J connectivity index is 3.77. The average Bonchev–Trinajstić information content (AvgIpc) is 2.00. The molecule has 1 N–H and O–H groups in total. The van der Waals surface area contributed by atoms with Gasteiger partial charge in [-0.2, -0.15) is 0 Å². The molecule has 0 aliphatic carbocycles. The lowest BCUT2D eigenvalue weighted by atomic mass is 10.0. The number of hydrogen-bond acceptors (Lipinski definition) is 2. The Hall–Kier alpha value is -0.730. The minimum atomic E-state index is -0.307. The SMILES string of the molecule is CCOC(=O)NC(CC)C(C)C. The third-order valence-electron chi connectivity index (χ3n) is 1.82. The summed E-state index contributed by atoms with van der Waals surface area (Å²) in [6.07, 6.45) is 0.634. The first kappa shape index (κ1) is 11.3. The van der Waals surface area contributed by atoms with Crippen LogP contribution in [-0.2, 0) is 4.74 Å². The summed E-state index contributed by atoms with van der Waals surface area (Å²) in [4.78, 5) is 11.0. The monoisotopic (exact) mass is 173 g/mol. The fourth-order valence-electron chi connectivity index (χ4n) is 1.06. The molecule has 0 saturated heterocycles. The van der Waals surface area contributed by atoms with Crippen molar-refractivity contribution in [2.45, 2.75) is 40.2 Å². The third-order valence-corrected chi connectivity index (χ3v) is 1.82. The molecule has 0 aliphatic heterocycles. The predicted molar refractivity (Wildman–Crippen MR) is 49.1 cm³/mol. The van der Waals surface area contributed by atoms with Crippen LogP contribution >= 0.6 is 0 Å². The number of ether oxygens (including phenoxy) is 1. The van der Waals surface area contributed by atoms with E-state index in [-0.39, 0.29) is 12.1 Å². The van der Waals surface area contributed by atoms with Gasteiger partial charge in [-0.1, -0.05) is 20.8 Å². The molecule has 0 radical (unpaired) electrons. The van der Waals surface area contributed by atoms with Gasteiger partial charge in [0.25, 0.3) is 0 Å². The molecule has 72 valence electrons. The molecule has 3 nitrogen and oxygen atoms in total. The summed E-state index contributed by atoms with van der Waals surface area (Å²) in [6, 6.07) is 0.226. The average molecular weight is 173 g/mol. The molecule has 0 aromatic carbocycles. The van der Waals surface area contributed by atoms with Gasteiger partial charge in [-0.3, -0.25) is 0 Å². The third kappa shape index (κ3) is 4.21. The number of rotatable bonds is 4. The Kier molecular flexibility index (Phi) is 5.51. The van der Waals surface area contributed by atoms with Crippen molar-refractivity contribution in [2.24, 2.45) is 5.92 Å². The van der Waals surface area contributed by atoms with Crippen molar-refractivity contribution in [3.05, 3.63) is 0 Å². The van der Waals surface area contributed by atoms with Gasteiger partial charge in [0.15, 0.2) is 0 Å². The Morgan fingerprint density at radius 3 is 2.33 bits per heavy atom. The molecule has 0 aliphatic rings. The van der Waals surface area contributed by atoms with Crippen molar-refractivity contribution >= 4 is 6.09 Å². The maximum atomic E-state index is 11.0. The van der Waals surface area contributed by atoms with Crippen LogP contribution in [0.25, 0.3) is 0 Å². The number of amides is 1. The molecule has 0 rings (SSSR count). The number of hydrogen-bond donors (Lipinski definition) is 1. The van der Waals surface area contributed by atoms with Crippen molar-refractivity contribution in [3.8, 4) is 0 Å². The zero-order valence-corrected chi connectivity index (χ0v) is 8.39. The largest absolute Gasteiger partial charge is 0.450 e. The van der Waals surface area contributed by atoms with Gasteiger partial charge in [-0.15, -0.1) is 0 Å². The molecule has 0 heterocycles. The normalized spacial score (nSPS) is 12.8. The summed E-state index contributed by atoms with van der Waals surface area (Å²) in [5, 5.41) is 2.81. The van der Waals surface area contributed by atoms with Crippen molar-refractivity contribution in [3.63, 3.8) is 0 Å². The van der Waals surface area contributed by atoms with Crippen LogP contribution in [0.4, 0.5) is 4.79 Å². The standard InChI is InChI=1S/C9H19NO2/c1-5-8(7(3)4)10-9(11)12-6-2/h7-8H,5-6H2,1-4H3,(H,10,11). The van der Waals surface area contributed by atoms with Crippen LogP contribution in [0.15, 0.2) is 0 Å². The molecule has 1 unspecified atom stereocenters. The molecule has 0 fully saturated rings. The van der Waals surface area contributed by atoms with Crippen LogP contribution in [0.5, 0.6) is 0 Å². The summed E-state index contributed by atoms with van der Waals surface area (Å²) in [5.74, 6) is 0.458. The van der Waals surface area contributed by atoms with E-state index in [1.807, 2.05) is 0 Å². The number of carbonyl (C=O) groups is 1. The summed E-state index contributed by atoms with van der Waals surface area (Å²) in [5.41, 5.74) is 0. The van der Waals surface area contributed by atoms with Gasteiger partial charge >= 0.3 is 6.09 Å². The first-order chi connectivity index (χ1) is 5.61. The van der Waals surface area contributed by atoms with Crippen molar-refractivity contribution < 1.29 is 9.53 Å². The zero-order chi connectivity index (χ0) is 9.56. The van der Waals surface area contributed by atoms with E-state index >= 15 is 0 Å². The smallest absolute Gasteiger partial charge is 0.407 e. The first-order valence-corrected chi connectivity index (χ1v) is 4.55. The fraction of sp³-hybridized carbons (Fsp3) is 0.889. The van der Waals surface area contributed by atoms with Crippen LogP contribution in [0, 0.1) is 5.92 Å². The molecule has 0 bridgehead atoms. The Morgan fingerprint density at radius 2 is 2.00 bits per heavy atom. The van der Waals surface area contributed by atoms with Crippen LogP contribution in [0.1, 0.15) is 34.1 Å². The topological polar surface area (TPSA) is 38.3 Å². The maximum absolute atomic E-state index is 11.0. The minimum absolute atomic E-state index is 0.226. The van der Waals surface area contributed by atoms with Gasteiger partial charge in [0.05, 0.1) is 6.61 Å². The quantitative estimate of drug-likeness (QED) is 0.707. The van der Waals surface area contributed by atoms with E-state index in [1.54, 1.807) is 6.92 Å². The molecule has 0 spiro atoms. The van der Waals surface area contributed by atoms with E-state index in [0.29, 0.717) is 12.5 Å². The van der Waals surface area contributed by atoms with E-state index < -0.39 is 0 Å². The van der Waals surface area contributed by atoms with Gasteiger partial charge in [0.2, 0.25) is 0 Å². The Morgan fingerprint density at radius 1 is 1.42 bits per heavy atom. The second-order valence-corrected chi connectivity index (χ2v) is 3.12. The second kappa shape index (κ2) is 5.86. The molecule has 1 amide bonds. The lowest BCUT2D eigenvalue weighted by Crippen LogP contribution is -2.38. The molecular formula is C9H19NO2. The van der Waals surface area contributed by atoms with E-state index in [9.17, 15) is 4.79 Å². The summed E-state index contributed by atoms with van der Waals surface area (Å²) in [6.45, 7) is 8.45. The summed E-state index contributed by atoms with van der Waals surface area (Å²) in [7, 11) is 0. The van der Waals surface area contributed by atoms with Crippen molar-refractivity contribution in [1.82, 2.24) is 5.32 Å². The van der Waals surface area contributed by atoms with Gasteiger partial charge in [0, 0.05) is 6.04 Å². The predicted octanol–water partition coefficient (Wildman–Crippen LogP) is 2.17. The highest BCUT2D eigenvalue weighted by molar-refractivity contribution is 5.67. The molecule has 12 heavy (non-hydrogen) atoms. The van der Waals surface area contributed by atoms with Crippen molar-refractivity contribution in [2.75, 3.05) is 6.61 Å². The lowest BCUT2D eigenvalue weighted by Gasteiger charge is -2.19. The van der Waals surface area contributed by atoms with Gasteiger partial charge in [0.1, 0.15) is 0 Å². The van der Waals surface area contributed by atoms with Gasteiger partial charge in [-0.25, -0.2) is 4.79 Å². The fourth-order valence-corrected chi connectivity index (χ4v) is 1.06.